The molecule has 88 valence electrons. The fourth-order valence-corrected chi connectivity index (χ4v) is 2.85. The molecule has 0 aliphatic heterocycles. The van der Waals surface area contributed by atoms with Gasteiger partial charge in [0.05, 0.1) is 6.26 Å². The van der Waals surface area contributed by atoms with Crippen molar-refractivity contribution in [2.24, 2.45) is 0 Å². The molecule has 0 saturated heterocycles. The van der Waals surface area contributed by atoms with Gasteiger partial charge in [-0.15, -0.1) is 0 Å². The van der Waals surface area contributed by atoms with E-state index in [0.717, 1.165) is 18.1 Å². The number of carbonyl (C=O) groups is 1. The van der Waals surface area contributed by atoms with E-state index in [1.165, 1.54) is 19.1 Å². The molecule has 1 aliphatic rings. The molecule has 1 aromatic rings. The summed E-state index contributed by atoms with van der Waals surface area (Å²) in [5, 5.41) is 3.80. The number of rotatable bonds is 3. The van der Waals surface area contributed by atoms with Gasteiger partial charge in [0.15, 0.2) is 5.76 Å². The lowest BCUT2D eigenvalue weighted by molar-refractivity contribution is 0.0900. The van der Waals surface area contributed by atoms with Gasteiger partial charge in [-0.05, 0) is 44.1 Å². The normalized spacial score (nSPS) is 25.3. The summed E-state index contributed by atoms with van der Waals surface area (Å²) in [4.78, 5) is 11.7. The molecular formula is C12H17NO2S. The largest absolute Gasteiger partial charge is 0.459 e. The lowest BCUT2D eigenvalue weighted by atomic mass is 9.95. The van der Waals surface area contributed by atoms with Gasteiger partial charge in [-0.3, -0.25) is 4.79 Å². The van der Waals surface area contributed by atoms with Gasteiger partial charge >= 0.3 is 0 Å². The van der Waals surface area contributed by atoms with E-state index in [4.69, 9.17) is 4.42 Å². The second kappa shape index (κ2) is 5.43. The average molecular weight is 239 g/mol. The first-order chi connectivity index (χ1) is 7.79. The van der Waals surface area contributed by atoms with E-state index in [1.54, 1.807) is 12.1 Å². The minimum absolute atomic E-state index is 0.0856. The highest BCUT2D eigenvalue weighted by Crippen LogP contribution is 2.26. The Morgan fingerprint density at radius 1 is 1.44 bits per heavy atom. The highest BCUT2D eigenvalue weighted by Gasteiger charge is 2.22. The molecule has 1 saturated carbocycles. The summed E-state index contributed by atoms with van der Waals surface area (Å²) in [5.74, 6) is 0.324. The van der Waals surface area contributed by atoms with Crippen molar-refractivity contribution in [1.29, 1.82) is 0 Å². The molecule has 2 rings (SSSR count). The number of hydrogen-bond acceptors (Lipinski definition) is 3. The fraction of sp³-hybridized carbons (Fsp3) is 0.583. The minimum Gasteiger partial charge on any atom is -0.459 e. The summed E-state index contributed by atoms with van der Waals surface area (Å²) in [6.07, 6.45) is 8.25. The van der Waals surface area contributed by atoms with Crippen LogP contribution in [0.3, 0.4) is 0 Å². The van der Waals surface area contributed by atoms with Gasteiger partial charge < -0.3 is 9.73 Å². The Balaban J connectivity index is 1.81. The molecule has 0 radical (unpaired) electrons. The zero-order valence-electron chi connectivity index (χ0n) is 9.44. The van der Waals surface area contributed by atoms with Crippen LogP contribution in [0.2, 0.25) is 0 Å². The second-order valence-electron chi connectivity index (χ2n) is 4.16. The van der Waals surface area contributed by atoms with Crippen molar-refractivity contribution in [3.05, 3.63) is 24.2 Å². The van der Waals surface area contributed by atoms with E-state index in [1.807, 2.05) is 11.8 Å². The maximum Gasteiger partial charge on any atom is 0.287 e. The van der Waals surface area contributed by atoms with Crippen LogP contribution in [0.4, 0.5) is 0 Å². The van der Waals surface area contributed by atoms with Crippen LogP contribution in [0.15, 0.2) is 22.8 Å². The molecular weight excluding hydrogens is 222 g/mol. The monoisotopic (exact) mass is 239 g/mol. The molecule has 1 aliphatic carbocycles. The van der Waals surface area contributed by atoms with E-state index in [0.29, 0.717) is 11.8 Å². The molecule has 0 atom stereocenters. The second-order valence-corrected chi connectivity index (χ2v) is 5.30. The number of hydrogen-bond donors (Lipinski definition) is 1. The maximum absolute atomic E-state index is 11.7. The highest BCUT2D eigenvalue weighted by molar-refractivity contribution is 7.99. The van der Waals surface area contributed by atoms with Crippen LogP contribution >= 0.6 is 11.8 Å². The Bertz CT molecular complexity index is 329. The molecule has 4 heteroatoms. The van der Waals surface area contributed by atoms with Gasteiger partial charge in [-0.25, -0.2) is 0 Å². The standard InChI is InChI=1S/C12H17NO2S/c1-16-10-6-4-9(5-7-10)13-12(14)11-3-2-8-15-11/h2-3,8-10H,4-7H2,1H3,(H,13,14). The quantitative estimate of drug-likeness (QED) is 0.881. The van der Waals surface area contributed by atoms with Crippen molar-refractivity contribution in [3.8, 4) is 0 Å². The van der Waals surface area contributed by atoms with Gasteiger partial charge in [0.2, 0.25) is 0 Å². The van der Waals surface area contributed by atoms with Crippen molar-refractivity contribution in [1.82, 2.24) is 5.32 Å². The third-order valence-corrected chi connectivity index (χ3v) is 4.23. The number of carbonyl (C=O) groups excluding carboxylic acids is 1. The molecule has 0 spiro atoms. The van der Waals surface area contributed by atoms with Gasteiger partial charge in [-0.2, -0.15) is 11.8 Å². The van der Waals surface area contributed by atoms with E-state index in [-0.39, 0.29) is 5.91 Å². The molecule has 0 unspecified atom stereocenters. The Kier molecular flexibility index (Phi) is 3.93. The Morgan fingerprint density at radius 3 is 2.75 bits per heavy atom. The zero-order chi connectivity index (χ0) is 11.4. The Hall–Kier alpha value is -0.900. The van der Waals surface area contributed by atoms with Crippen molar-refractivity contribution >= 4 is 17.7 Å². The first kappa shape index (κ1) is 11.6. The van der Waals surface area contributed by atoms with Crippen molar-refractivity contribution in [2.45, 2.75) is 37.0 Å². The van der Waals surface area contributed by atoms with Crippen LogP contribution in [-0.2, 0) is 0 Å². The molecule has 0 aromatic carbocycles. The van der Waals surface area contributed by atoms with E-state index in [2.05, 4.69) is 11.6 Å². The smallest absolute Gasteiger partial charge is 0.287 e. The van der Waals surface area contributed by atoms with Crippen LogP contribution in [-0.4, -0.2) is 23.5 Å². The van der Waals surface area contributed by atoms with Crippen LogP contribution in [0.25, 0.3) is 0 Å². The molecule has 1 amide bonds. The predicted octanol–water partition coefficient (Wildman–Crippen LogP) is 2.68. The van der Waals surface area contributed by atoms with Gasteiger partial charge in [0, 0.05) is 11.3 Å². The number of nitrogens with one attached hydrogen (secondary N) is 1. The van der Waals surface area contributed by atoms with Crippen molar-refractivity contribution in [3.63, 3.8) is 0 Å². The number of thioether (sulfide) groups is 1. The van der Waals surface area contributed by atoms with Crippen molar-refractivity contribution in [2.75, 3.05) is 6.26 Å². The molecule has 1 N–H and O–H groups in total. The third kappa shape index (κ3) is 2.82. The summed E-state index contributed by atoms with van der Waals surface area (Å²) < 4.78 is 5.06. The summed E-state index contributed by atoms with van der Waals surface area (Å²) in [5.41, 5.74) is 0. The van der Waals surface area contributed by atoms with Gasteiger partial charge in [0.1, 0.15) is 0 Å². The van der Waals surface area contributed by atoms with E-state index >= 15 is 0 Å². The highest BCUT2D eigenvalue weighted by atomic mass is 32.2. The summed E-state index contributed by atoms with van der Waals surface area (Å²) >= 11 is 1.93. The lowest BCUT2D eigenvalue weighted by Crippen LogP contribution is -2.37. The molecule has 0 bridgehead atoms. The number of amides is 1. The summed E-state index contributed by atoms with van der Waals surface area (Å²) in [6, 6.07) is 3.75. The van der Waals surface area contributed by atoms with Gasteiger partial charge in [-0.1, -0.05) is 0 Å². The molecule has 16 heavy (non-hydrogen) atoms. The summed E-state index contributed by atoms with van der Waals surface area (Å²) in [6.45, 7) is 0. The Labute approximate surface area is 100.0 Å². The first-order valence-corrected chi connectivity index (χ1v) is 6.95. The lowest BCUT2D eigenvalue weighted by Gasteiger charge is -2.27. The maximum atomic E-state index is 11.7. The van der Waals surface area contributed by atoms with Crippen LogP contribution in [0.1, 0.15) is 36.2 Å². The average Bonchev–Trinajstić information content (AvgIpc) is 2.83. The molecule has 1 fully saturated rings. The topological polar surface area (TPSA) is 42.2 Å². The zero-order valence-corrected chi connectivity index (χ0v) is 10.3. The predicted molar refractivity (Wildman–Crippen MR) is 65.7 cm³/mol. The minimum atomic E-state index is -0.0856. The SMILES string of the molecule is CSC1CCC(NC(=O)c2ccco2)CC1. The van der Waals surface area contributed by atoms with E-state index < -0.39 is 0 Å². The third-order valence-electron chi connectivity index (χ3n) is 3.09. The molecule has 1 heterocycles. The van der Waals surface area contributed by atoms with Crippen LogP contribution in [0, 0.1) is 0 Å². The first-order valence-electron chi connectivity index (χ1n) is 5.66. The van der Waals surface area contributed by atoms with E-state index in [9.17, 15) is 4.79 Å². The van der Waals surface area contributed by atoms with Crippen LogP contribution < -0.4 is 5.32 Å². The summed E-state index contributed by atoms with van der Waals surface area (Å²) in [7, 11) is 0. The van der Waals surface area contributed by atoms with Crippen LogP contribution in [0.5, 0.6) is 0 Å². The molecule has 3 nitrogen and oxygen atoms in total. The Morgan fingerprint density at radius 2 is 2.19 bits per heavy atom. The van der Waals surface area contributed by atoms with Gasteiger partial charge in [0.25, 0.3) is 5.91 Å². The fourth-order valence-electron chi connectivity index (χ4n) is 2.11. The van der Waals surface area contributed by atoms with Crippen molar-refractivity contribution < 1.29 is 9.21 Å². The molecule has 1 aromatic heterocycles. The number of furan rings is 1.